The second kappa shape index (κ2) is 32.4. The van der Waals surface area contributed by atoms with Gasteiger partial charge in [-0.15, -0.1) is 0 Å². The van der Waals surface area contributed by atoms with Crippen molar-refractivity contribution in [3.05, 3.63) is 0 Å². The molecule has 0 aromatic carbocycles. The lowest BCUT2D eigenvalue weighted by Gasteiger charge is -2.51. The average molecular weight is 1320 g/mol. The summed E-state index contributed by atoms with van der Waals surface area (Å²) in [5, 5.41) is 218. The normalized spacial score (nSPS) is 47.6. The molecule has 0 aliphatic carbocycles. The van der Waals surface area contributed by atoms with Crippen LogP contribution in [0.1, 0.15) is 27.7 Å². The van der Waals surface area contributed by atoms with Crippen LogP contribution in [-0.2, 0) is 80.8 Å². The Hall–Kier alpha value is -3.40. The Morgan fingerprint density at radius 2 is 0.589 bits per heavy atom. The van der Waals surface area contributed by atoms with Gasteiger partial charge in [0.1, 0.15) is 171 Å². The van der Waals surface area contributed by atoms with Crippen LogP contribution in [0.25, 0.3) is 0 Å². The molecule has 7 aliphatic heterocycles. The molecule has 0 radical (unpaired) electrons. The predicted octanol–water partition coefficient (Wildman–Crippen LogP) is -15.7. The van der Waals surface area contributed by atoms with Gasteiger partial charge in [0.05, 0.1) is 46.2 Å². The number of ether oxygens (including phenoxy) is 13. The summed E-state index contributed by atoms with van der Waals surface area (Å²) in [7, 11) is 0. The van der Waals surface area contributed by atoms with Crippen LogP contribution >= 0.6 is 0 Å². The fourth-order valence-corrected chi connectivity index (χ4v) is 11.5. The molecule has 520 valence electrons. The molecule has 35 atom stereocenters. The van der Waals surface area contributed by atoms with Crippen molar-refractivity contribution in [2.24, 2.45) is 0 Å². The van der Waals surface area contributed by atoms with Crippen molar-refractivity contribution in [1.82, 2.24) is 21.3 Å². The topological polar surface area (TPSA) is 621 Å². The van der Waals surface area contributed by atoms with Crippen LogP contribution in [0.4, 0.5) is 0 Å². The number of amides is 4. The van der Waals surface area contributed by atoms with E-state index in [1.165, 1.54) is 0 Å². The highest BCUT2D eigenvalue weighted by atomic mass is 16.8. The Balaban J connectivity index is 1.25. The first-order valence-corrected chi connectivity index (χ1v) is 28.6. The molecular formula is C50H84N4O36. The van der Waals surface area contributed by atoms with Crippen LogP contribution in [0, 0.1) is 0 Å². The van der Waals surface area contributed by atoms with Crippen LogP contribution in [0.5, 0.6) is 0 Å². The molecule has 0 spiro atoms. The molecular weight excluding hydrogens is 1230 g/mol. The third-order valence-electron chi connectivity index (χ3n) is 16.1. The van der Waals surface area contributed by atoms with Crippen LogP contribution in [0.3, 0.4) is 0 Å². The molecule has 0 saturated carbocycles. The second-order valence-electron chi connectivity index (χ2n) is 22.5. The summed E-state index contributed by atoms with van der Waals surface area (Å²) >= 11 is 0. The summed E-state index contributed by atoms with van der Waals surface area (Å²) in [5.41, 5.74) is 0. The summed E-state index contributed by atoms with van der Waals surface area (Å²) in [6.45, 7) is -3.14. The standard InChI is InChI=1S/C50H84N4O36/c1-12(61)51-23-34(72)39(20(9-59)79-44(23)77)86-47-26(54-15(4)64)35(73)40(21(10-60)84-47)87-48-38(76)41(88-50-43(37(75)30(68)19(8-58)83-50)90-46-25(53-14(3)63)33(71)28(66)17(6-56)81-46)31(69)22(85-48)11-78-49-42(36(74)29(67)18(7-57)82-49)89-45-24(52-13(2)62)32(70)27(65)16(5-55)80-45/h16-50,55-60,65-77H,5-11H2,1-4H3,(H,51,61)(H,52,62)(H,53,63)(H,54,64). The van der Waals surface area contributed by atoms with Crippen molar-refractivity contribution in [2.45, 2.75) is 242 Å². The van der Waals surface area contributed by atoms with E-state index in [2.05, 4.69) is 21.3 Å². The molecule has 0 aromatic rings. The lowest BCUT2D eigenvalue weighted by molar-refractivity contribution is -0.396. The van der Waals surface area contributed by atoms with E-state index in [1.807, 2.05) is 0 Å². The third kappa shape index (κ3) is 16.4. The van der Waals surface area contributed by atoms with Crippen molar-refractivity contribution in [3.8, 4) is 0 Å². The van der Waals surface area contributed by atoms with Crippen molar-refractivity contribution >= 4 is 23.6 Å². The number of hydrogen-bond donors (Lipinski definition) is 23. The first-order chi connectivity index (χ1) is 42.5. The largest absolute Gasteiger partial charge is 0.394 e. The SMILES string of the molecule is CC(=O)NC1C(O)OC(CO)C(OC2OC(CO)C(OC3OC(COC4OC(CO)C(O)C(O)C4OC4OC(CO)C(O)C(O)C4NC(C)=O)C(O)C(OC4OC(CO)C(O)C(O)C4OC4OC(CO)C(O)C(O)C4NC(C)=O)C3O)C(O)C2NC(C)=O)C1O. The molecule has 0 bridgehead atoms. The molecule has 7 aliphatic rings. The zero-order valence-corrected chi connectivity index (χ0v) is 48.6. The Bertz CT molecular complexity index is 2310. The summed E-state index contributed by atoms with van der Waals surface area (Å²) in [5.74, 6) is -3.28. The molecule has 7 saturated heterocycles. The van der Waals surface area contributed by atoms with E-state index in [0.29, 0.717) is 0 Å². The van der Waals surface area contributed by atoms with Gasteiger partial charge in [-0.3, -0.25) is 19.2 Å². The molecule has 40 heteroatoms. The molecule has 35 unspecified atom stereocenters. The van der Waals surface area contributed by atoms with Gasteiger partial charge in [0.2, 0.25) is 23.6 Å². The second-order valence-corrected chi connectivity index (χ2v) is 22.5. The van der Waals surface area contributed by atoms with Crippen LogP contribution < -0.4 is 21.3 Å². The smallest absolute Gasteiger partial charge is 0.217 e. The summed E-state index contributed by atoms with van der Waals surface area (Å²) in [6, 6.07) is -6.84. The van der Waals surface area contributed by atoms with E-state index in [-0.39, 0.29) is 0 Å². The summed E-state index contributed by atoms with van der Waals surface area (Å²) in [6.07, 6.45) is -61.9. The van der Waals surface area contributed by atoms with Crippen LogP contribution in [-0.4, -0.2) is 382 Å². The maximum atomic E-state index is 12.8. The zero-order valence-electron chi connectivity index (χ0n) is 48.6. The zero-order chi connectivity index (χ0) is 66.5. The van der Waals surface area contributed by atoms with Gasteiger partial charge in [0, 0.05) is 27.7 Å². The number of carbonyl (C=O) groups excluding carboxylic acids is 4. The molecule has 7 fully saturated rings. The van der Waals surface area contributed by atoms with Crippen molar-refractivity contribution in [1.29, 1.82) is 0 Å². The number of nitrogens with one attached hydrogen (secondary N) is 4. The number of aliphatic hydroxyl groups excluding tert-OH is 19. The van der Waals surface area contributed by atoms with E-state index in [9.17, 15) is 116 Å². The average Bonchev–Trinajstić information content (AvgIpc) is 0.912. The van der Waals surface area contributed by atoms with Gasteiger partial charge in [0.15, 0.2) is 44.0 Å². The van der Waals surface area contributed by atoms with Gasteiger partial charge >= 0.3 is 0 Å². The lowest BCUT2D eigenvalue weighted by Crippen LogP contribution is -2.70. The highest BCUT2D eigenvalue weighted by Crippen LogP contribution is 2.38. The monoisotopic (exact) mass is 1320 g/mol. The number of hydrogen-bond acceptors (Lipinski definition) is 36. The minimum atomic E-state index is -2.45. The lowest BCUT2D eigenvalue weighted by atomic mass is 9.93. The van der Waals surface area contributed by atoms with E-state index in [1.54, 1.807) is 0 Å². The molecule has 4 amide bonds. The van der Waals surface area contributed by atoms with Crippen LogP contribution in [0.2, 0.25) is 0 Å². The van der Waals surface area contributed by atoms with Gasteiger partial charge in [0.25, 0.3) is 0 Å². The Labute approximate surface area is 510 Å². The van der Waals surface area contributed by atoms with Gasteiger partial charge in [-0.1, -0.05) is 0 Å². The first-order valence-electron chi connectivity index (χ1n) is 28.6. The van der Waals surface area contributed by atoms with Crippen molar-refractivity contribution < 1.29 is 178 Å². The highest BCUT2D eigenvalue weighted by Gasteiger charge is 2.59. The number of rotatable bonds is 23. The first kappa shape index (κ1) is 74.0. The minimum Gasteiger partial charge on any atom is -0.394 e. The fraction of sp³-hybridized carbons (Fsp3) is 0.920. The number of aliphatic hydroxyl groups is 19. The van der Waals surface area contributed by atoms with Gasteiger partial charge in [-0.25, -0.2) is 0 Å². The summed E-state index contributed by atoms with van der Waals surface area (Å²) < 4.78 is 76.6. The van der Waals surface area contributed by atoms with E-state index in [0.717, 1.165) is 27.7 Å². The predicted molar refractivity (Wildman–Crippen MR) is 278 cm³/mol. The fourth-order valence-electron chi connectivity index (χ4n) is 11.5. The van der Waals surface area contributed by atoms with Gasteiger partial charge in [-0.05, 0) is 0 Å². The highest BCUT2D eigenvalue weighted by molar-refractivity contribution is 5.74. The molecule has 40 nitrogen and oxygen atoms in total. The molecule has 7 rings (SSSR count). The van der Waals surface area contributed by atoms with Crippen molar-refractivity contribution in [2.75, 3.05) is 46.2 Å². The quantitative estimate of drug-likeness (QED) is 0.0452. The van der Waals surface area contributed by atoms with E-state index >= 15 is 0 Å². The third-order valence-corrected chi connectivity index (χ3v) is 16.1. The molecule has 23 N–H and O–H groups in total. The number of carbonyl (C=O) groups is 4. The molecule has 90 heavy (non-hydrogen) atoms. The Morgan fingerprint density at radius 1 is 0.289 bits per heavy atom. The van der Waals surface area contributed by atoms with Crippen LogP contribution in [0.15, 0.2) is 0 Å². The van der Waals surface area contributed by atoms with Gasteiger partial charge in [-0.2, -0.15) is 0 Å². The molecule has 7 heterocycles. The minimum absolute atomic E-state index is 0.751. The van der Waals surface area contributed by atoms with Crippen molar-refractivity contribution in [3.63, 3.8) is 0 Å². The van der Waals surface area contributed by atoms with E-state index in [4.69, 9.17) is 61.6 Å². The maximum absolute atomic E-state index is 12.8. The van der Waals surface area contributed by atoms with Gasteiger partial charge < -0.3 is 180 Å². The van der Waals surface area contributed by atoms with E-state index < -0.39 is 285 Å². The summed E-state index contributed by atoms with van der Waals surface area (Å²) in [4.78, 5) is 49.5. The molecule has 0 aromatic heterocycles. The Morgan fingerprint density at radius 3 is 1.01 bits per heavy atom. The maximum Gasteiger partial charge on any atom is 0.217 e. The Kier molecular flexibility index (Phi) is 26.6.